The molecule has 0 bridgehead atoms. The van der Waals surface area contributed by atoms with Crippen molar-refractivity contribution < 1.29 is 9.53 Å². The maximum Gasteiger partial charge on any atom is 0.226 e. The highest BCUT2D eigenvalue weighted by Gasteiger charge is 2.24. The van der Waals surface area contributed by atoms with Crippen molar-refractivity contribution in [1.29, 1.82) is 0 Å². The van der Waals surface area contributed by atoms with Gasteiger partial charge in [-0.05, 0) is 13.3 Å². The lowest BCUT2D eigenvalue weighted by Gasteiger charge is -2.25. The van der Waals surface area contributed by atoms with Crippen molar-refractivity contribution in [3.05, 3.63) is 0 Å². The van der Waals surface area contributed by atoms with E-state index in [2.05, 4.69) is 0 Å². The van der Waals surface area contributed by atoms with Crippen molar-refractivity contribution in [2.24, 2.45) is 17.6 Å². The molecule has 4 nitrogen and oxygen atoms in total. The lowest BCUT2D eigenvalue weighted by molar-refractivity contribution is -0.134. The molecule has 0 saturated carbocycles. The lowest BCUT2D eigenvalue weighted by atomic mass is 10.0. The van der Waals surface area contributed by atoms with Crippen LogP contribution in [0.3, 0.4) is 0 Å². The quantitative estimate of drug-likeness (QED) is 0.740. The third kappa shape index (κ3) is 3.47. The van der Waals surface area contributed by atoms with Crippen molar-refractivity contribution in [1.82, 2.24) is 4.90 Å². The molecule has 3 atom stereocenters. The minimum atomic E-state index is -0.0997. The number of carbonyl (C=O) groups is 1. The van der Waals surface area contributed by atoms with Crippen LogP contribution >= 0.6 is 0 Å². The first-order valence-electron chi connectivity index (χ1n) is 5.60. The van der Waals surface area contributed by atoms with E-state index in [4.69, 9.17) is 10.5 Å². The third-order valence-corrected chi connectivity index (χ3v) is 3.11. The Hall–Kier alpha value is -0.610. The third-order valence-electron chi connectivity index (χ3n) is 3.11. The Morgan fingerprint density at radius 1 is 1.60 bits per heavy atom. The second-order valence-electron chi connectivity index (χ2n) is 4.60. The van der Waals surface area contributed by atoms with Gasteiger partial charge in [0.2, 0.25) is 5.91 Å². The Labute approximate surface area is 91.8 Å². The van der Waals surface area contributed by atoms with E-state index in [-0.39, 0.29) is 17.9 Å². The normalized spacial score (nSPS) is 24.9. The van der Waals surface area contributed by atoms with Crippen LogP contribution in [0, 0.1) is 11.8 Å². The molecule has 2 N–H and O–H groups in total. The van der Waals surface area contributed by atoms with E-state index in [9.17, 15) is 4.79 Å². The highest BCUT2D eigenvalue weighted by molar-refractivity contribution is 5.78. The molecule has 0 aromatic carbocycles. The molecule has 88 valence electrons. The van der Waals surface area contributed by atoms with Gasteiger partial charge in [-0.1, -0.05) is 6.92 Å². The molecule has 15 heavy (non-hydrogen) atoms. The second kappa shape index (κ2) is 5.47. The fraction of sp³-hybridized carbons (Fsp3) is 0.909. The van der Waals surface area contributed by atoms with Crippen molar-refractivity contribution in [3.63, 3.8) is 0 Å². The largest absolute Gasteiger partial charge is 0.381 e. The Morgan fingerprint density at radius 2 is 2.27 bits per heavy atom. The number of hydrogen-bond acceptors (Lipinski definition) is 3. The number of nitrogens with two attached hydrogens (primary N) is 1. The first-order chi connectivity index (χ1) is 7.02. The van der Waals surface area contributed by atoms with Crippen LogP contribution in [0.25, 0.3) is 0 Å². The SMILES string of the molecule is CC(N)C(C)C(=O)N(C)CC1CCOC1. The average molecular weight is 214 g/mol. The van der Waals surface area contributed by atoms with E-state index in [1.165, 1.54) is 0 Å². The number of nitrogens with zero attached hydrogens (tertiary/aromatic N) is 1. The van der Waals surface area contributed by atoms with Gasteiger partial charge in [-0.3, -0.25) is 4.79 Å². The van der Waals surface area contributed by atoms with Gasteiger partial charge in [0.25, 0.3) is 0 Å². The molecule has 0 spiro atoms. The maximum atomic E-state index is 11.9. The predicted molar refractivity (Wildman–Crippen MR) is 59.4 cm³/mol. The van der Waals surface area contributed by atoms with Crippen molar-refractivity contribution in [2.75, 3.05) is 26.8 Å². The monoisotopic (exact) mass is 214 g/mol. The number of hydrogen-bond donors (Lipinski definition) is 1. The van der Waals surface area contributed by atoms with Crippen LogP contribution in [-0.2, 0) is 9.53 Å². The minimum Gasteiger partial charge on any atom is -0.381 e. The van der Waals surface area contributed by atoms with Gasteiger partial charge >= 0.3 is 0 Å². The molecule has 1 rings (SSSR count). The van der Waals surface area contributed by atoms with Crippen LogP contribution < -0.4 is 5.73 Å². The summed E-state index contributed by atoms with van der Waals surface area (Å²) in [6.45, 7) is 6.15. The van der Waals surface area contributed by atoms with E-state index in [0.717, 1.165) is 26.2 Å². The molecular weight excluding hydrogens is 192 g/mol. The molecule has 1 amide bonds. The Kier molecular flexibility index (Phi) is 4.54. The van der Waals surface area contributed by atoms with E-state index >= 15 is 0 Å². The molecule has 4 heteroatoms. The molecule has 0 aliphatic carbocycles. The number of carbonyl (C=O) groups excluding carboxylic acids is 1. The van der Waals surface area contributed by atoms with Crippen LogP contribution in [0.5, 0.6) is 0 Å². The Balaban J connectivity index is 2.38. The zero-order valence-corrected chi connectivity index (χ0v) is 9.90. The van der Waals surface area contributed by atoms with Gasteiger partial charge < -0.3 is 15.4 Å². The molecule has 3 unspecified atom stereocenters. The highest BCUT2D eigenvalue weighted by Crippen LogP contribution is 2.14. The summed E-state index contributed by atoms with van der Waals surface area (Å²) in [4.78, 5) is 13.7. The van der Waals surface area contributed by atoms with Crippen molar-refractivity contribution in [2.45, 2.75) is 26.3 Å². The van der Waals surface area contributed by atoms with Crippen LogP contribution in [0.1, 0.15) is 20.3 Å². The average Bonchev–Trinajstić information content (AvgIpc) is 2.67. The van der Waals surface area contributed by atoms with Gasteiger partial charge in [-0.15, -0.1) is 0 Å². The molecule has 0 aromatic heterocycles. The van der Waals surface area contributed by atoms with Gasteiger partial charge in [0.1, 0.15) is 0 Å². The molecule has 1 aliphatic heterocycles. The summed E-state index contributed by atoms with van der Waals surface area (Å²) >= 11 is 0. The van der Waals surface area contributed by atoms with Gasteiger partial charge in [0.15, 0.2) is 0 Å². The standard InChI is InChI=1S/C11H22N2O2/c1-8(9(2)12)11(14)13(3)6-10-4-5-15-7-10/h8-10H,4-7,12H2,1-3H3. The lowest BCUT2D eigenvalue weighted by Crippen LogP contribution is -2.41. The first kappa shape index (κ1) is 12.5. The molecule has 0 radical (unpaired) electrons. The number of rotatable bonds is 4. The van der Waals surface area contributed by atoms with Gasteiger partial charge in [0.05, 0.1) is 12.5 Å². The van der Waals surface area contributed by atoms with E-state index in [1.54, 1.807) is 4.90 Å². The Bertz CT molecular complexity index is 213. The predicted octanol–water partition coefficient (Wildman–Crippen LogP) is 0.465. The molecule has 1 fully saturated rings. The zero-order chi connectivity index (χ0) is 11.4. The number of amides is 1. The van der Waals surface area contributed by atoms with E-state index in [0.29, 0.717) is 5.92 Å². The zero-order valence-electron chi connectivity index (χ0n) is 9.90. The summed E-state index contributed by atoms with van der Waals surface area (Å²) in [5.41, 5.74) is 5.71. The summed E-state index contributed by atoms with van der Waals surface area (Å²) in [7, 11) is 1.85. The van der Waals surface area contributed by atoms with E-state index in [1.807, 2.05) is 20.9 Å². The maximum absolute atomic E-state index is 11.9. The summed E-state index contributed by atoms with van der Waals surface area (Å²) in [6, 6.07) is -0.0835. The first-order valence-corrected chi connectivity index (χ1v) is 5.60. The van der Waals surface area contributed by atoms with Gasteiger partial charge in [0, 0.05) is 32.2 Å². The minimum absolute atomic E-state index is 0.0835. The topological polar surface area (TPSA) is 55.6 Å². The van der Waals surface area contributed by atoms with Gasteiger partial charge in [-0.25, -0.2) is 0 Å². The van der Waals surface area contributed by atoms with Gasteiger partial charge in [-0.2, -0.15) is 0 Å². The summed E-state index contributed by atoms with van der Waals surface area (Å²) < 4.78 is 5.28. The fourth-order valence-electron chi connectivity index (χ4n) is 1.78. The van der Waals surface area contributed by atoms with E-state index < -0.39 is 0 Å². The van der Waals surface area contributed by atoms with Crippen molar-refractivity contribution in [3.8, 4) is 0 Å². The fourth-order valence-corrected chi connectivity index (χ4v) is 1.78. The molecule has 0 aromatic rings. The number of ether oxygens (including phenoxy) is 1. The molecule has 1 heterocycles. The van der Waals surface area contributed by atoms with Crippen molar-refractivity contribution >= 4 is 5.91 Å². The summed E-state index contributed by atoms with van der Waals surface area (Å²) in [6.07, 6.45) is 1.06. The summed E-state index contributed by atoms with van der Waals surface area (Å²) in [5, 5.41) is 0. The molecule has 1 aliphatic rings. The smallest absolute Gasteiger partial charge is 0.226 e. The second-order valence-corrected chi connectivity index (χ2v) is 4.60. The molecular formula is C11H22N2O2. The molecule has 1 saturated heterocycles. The van der Waals surface area contributed by atoms with Crippen LogP contribution in [0.15, 0.2) is 0 Å². The highest BCUT2D eigenvalue weighted by atomic mass is 16.5. The van der Waals surface area contributed by atoms with Crippen LogP contribution in [-0.4, -0.2) is 43.7 Å². The summed E-state index contributed by atoms with van der Waals surface area (Å²) in [5.74, 6) is 0.536. The van der Waals surface area contributed by atoms with Crippen LogP contribution in [0.4, 0.5) is 0 Å². The van der Waals surface area contributed by atoms with Crippen LogP contribution in [0.2, 0.25) is 0 Å². The Morgan fingerprint density at radius 3 is 2.73 bits per heavy atom.